The number of hydrogen-bond acceptors (Lipinski definition) is 5. The van der Waals surface area contributed by atoms with E-state index in [1.807, 2.05) is 43.3 Å². The molecular weight excluding hydrogens is 298 g/mol. The molecular formula is C15H19N5OS. The van der Waals surface area contributed by atoms with Crippen LogP contribution in [0.1, 0.15) is 18.5 Å². The van der Waals surface area contributed by atoms with Crippen LogP contribution in [0.4, 0.5) is 5.69 Å². The molecule has 0 fully saturated rings. The third-order valence-corrected chi connectivity index (χ3v) is 4.66. The first-order valence-electron chi connectivity index (χ1n) is 6.80. The fraction of sp³-hybridized carbons (Fsp3) is 0.200. The van der Waals surface area contributed by atoms with E-state index in [9.17, 15) is 4.21 Å². The highest BCUT2D eigenvalue weighted by atomic mass is 32.2. The van der Waals surface area contributed by atoms with Gasteiger partial charge in [-0.15, -0.1) is 0 Å². The molecule has 0 saturated carbocycles. The van der Waals surface area contributed by atoms with Crippen molar-refractivity contribution in [2.45, 2.75) is 12.8 Å². The molecule has 0 saturated heterocycles. The Labute approximate surface area is 132 Å². The summed E-state index contributed by atoms with van der Waals surface area (Å²) in [4.78, 5) is 4.27. The van der Waals surface area contributed by atoms with E-state index in [2.05, 4.69) is 10.1 Å². The molecule has 2 atom stereocenters. The molecule has 6 nitrogen and oxygen atoms in total. The lowest BCUT2D eigenvalue weighted by Gasteiger charge is -2.20. The van der Waals surface area contributed by atoms with Crippen LogP contribution in [0.5, 0.6) is 0 Å². The van der Waals surface area contributed by atoms with Crippen molar-refractivity contribution in [2.75, 3.05) is 10.8 Å². The number of hydrazine groups is 1. The smallest absolute Gasteiger partial charge is 0.231 e. The van der Waals surface area contributed by atoms with Crippen LogP contribution in [-0.2, 0) is 10.8 Å². The summed E-state index contributed by atoms with van der Waals surface area (Å²) in [7, 11) is -1.43. The molecule has 1 aromatic heterocycles. The molecule has 0 amide bonds. The van der Waals surface area contributed by atoms with Gasteiger partial charge in [0, 0.05) is 23.6 Å². The van der Waals surface area contributed by atoms with Crippen molar-refractivity contribution in [3.63, 3.8) is 0 Å². The van der Waals surface area contributed by atoms with Crippen LogP contribution < -0.4 is 16.7 Å². The minimum Gasteiger partial charge on any atom is -0.321 e. The first-order valence-corrected chi connectivity index (χ1v) is 8.12. The third kappa shape index (κ3) is 3.90. The Morgan fingerprint density at radius 1 is 1.27 bits per heavy atom. The zero-order chi connectivity index (χ0) is 15.9. The standard InChI is InChI=1S/C15H19N5OS/c1-12(14-9-5-6-10-18-14)11-22(21)15(19-16)20(17)13-7-3-2-4-8-13/h2-10,12H,11,16-17H2,1H3/b19-15+. The second-order valence-corrected chi connectivity index (χ2v) is 6.17. The van der Waals surface area contributed by atoms with Crippen LogP contribution in [-0.4, -0.2) is 20.1 Å². The average molecular weight is 317 g/mol. The number of anilines is 1. The minimum atomic E-state index is -1.43. The second kappa shape index (κ2) is 7.67. The van der Waals surface area contributed by atoms with Gasteiger partial charge in [0.1, 0.15) is 0 Å². The quantitative estimate of drug-likeness (QED) is 0.386. The van der Waals surface area contributed by atoms with Gasteiger partial charge in [-0.25, -0.2) is 5.84 Å². The van der Waals surface area contributed by atoms with Crippen LogP contribution in [0.3, 0.4) is 0 Å². The van der Waals surface area contributed by atoms with Crippen LogP contribution in [0.25, 0.3) is 0 Å². The summed E-state index contributed by atoms with van der Waals surface area (Å²) < 4.78 is 12.5. The normalized spacial score (nSPS) is 14.4. The molecule has 2 rings (SSSR count). The number of rotatable bonds is 4. The number of hydrogen-bond donors (Lipinski definition) is 2. The van der Waals surface area contributed by atoms with Crippen molar-refractivity contribution < 1.29 is 4.21 Å². The lowest BCUT2D eigenvalue weighted by molar-refractivity contribution is 0.682. The lowest BCUT2D eigenvalue weighted by atomic mass is 10.1. The molecule has 1 aromatic carbocycles. The summed E-state index contributed by atoms with van der Waals surface area (Å²) in [5.74, 6) is 11.7. The van der Waals surface area contributed by atoms with Gasteiger partial charge >= 0.3 is 0 Å². The number of pyridine rings is 1. The maximum atomic E-state index is 12.5. The molecule has 0 spiro atoms. The van der Waals surface area contributed by atoms with Gasteiger partial charge in [0.15, 0.2) is 0 Å². The number of hydrazone groups is 1. The Morgan fingerprint density at radius 3 is 2.55 bits per heavy atom. The summed E-state index contributed by atoms with van der Waals surface area (Å²) in [5, 5.41) is 4.99. The van der Waals surface area contributed by atoms with Crippen LogP contribution >= 0.6 is 0 Å². The molecule has 7 heteroatoms. The fourth-order valence-corrected chi connectivity index (χ4v) is 3.20. The van der Waals surface area contributed by atoms with Gasteiger partial charge in [-0.3, -0.25) is 14.2 Å². The minimum absolute atomic E-state index is 0.00274. The summed E-state index contributed by atoms with van der Waals surface area (Å²) >= 11 is 0. The predicted octanol–water partition coefficient (Wildman–Crippen LogP) is 1.54. The van der Waals surface area contributed by atoms with Crippen molar-refractivity contribution in [1.82, 2.24) is 4.98 Å². The monoisotopic (exact) mass is 317 g/mol. The molecule has 116 valence electrons. The largest absolute Gasteiger partial charge is 0.321 e. The number of para-hydroxylation sites is 1. The average Bonchev–Trinajstić information content (AvgIpc) is 2.57. The molecule has 0 bridgehead atoms. The molecule has 1 heterocycles. The summed E-state index contributed by atoms with van der Waals surface area (Å²) in [5.41, 5.74) is 1.54. The molecule has 0 aliphatic carbocycles. The van der Waals surface area contributed by atoms with Crippen molar-refractivity contribution >= 4 is 21.7 Å². The molecule has 0 radical (unpaired) electrons. The molecule has 2 unspecified atom stereocenters. The van der Waals surface area contributed by atoms with Gasteiger partial charge in [-0.05, 0) is 24.3 Å². The van der Waals surface area contributed by atoms with E-state index in [4.69, 9.17) is 11.7 Å². The van der Waals surface area contributed by atoms with Gasteiger partial charge in [-0.2, -0.15) is 5.10 Å². The Kier molecular flexibility index (Phi) is 5.62. The van der Waals surface area contributed by atoms with Crippen molar-refractivity contribution in [1.29, 1.82) is 0 Å². The van der Waals surface area contributed by atoms with Crippen molar-refractivity contribution in [3.05, 3.63) is 60.4 Å². The second-order valence-electron chi connectivity index (χ2n) is 4.79. The Morgan fingerprint density at radius 2 is 1.95 bits per heavy atom. The van der Waals surface area contributed by atoms with Crippen molar-refractivity contribution in [3.8, 4) is 0 Å². The van der Waals surface area contributed by atoms with E-state index in [1.54, 1.807) is 18.3 Å². The molecule has 22 heavy (non-hydrogen) atoms. The van der Waals surface area contributed by atoms with E-state index in [-0.39, 0.29) is 11.1 Å². The lowest BCUT2D eigenvalue weighted by Crippen LogP contribution is -2.41. The van der Waals surface area contributed by atoms with Gasteiger partial charge < -0.3 is 5.84 Å². The van der Waals surface area contributed by atoms with Gasteiger partial charge in [0.25, 0.3) is 0 Å². The SMILES string of the molecule is CC(CS(=O)/C(=N/N)N(N)c1ccccc1)c1ccccn1. The number of aromatic nitrogens is 1. The summed E-state index contributed by atoms with van der Waals surface area (Å²) in [6.07, 6.45) is 1.71. The third-order valence-electron chi connectivity index (χ3n) is 3.15. The Bertz CT molecular complexity index is 647. The van der Waals surface area contributed by atoms with E-state index in [0.717, 1.165) is 5.69 Å². The number of benzene rings is 1. The van der Waals surface area contributed by atoms with E-state index < -0.39 is 10.8 Å². The maximum Gasteiger partial charge on any atom is 0.231 e. The molecule has 2 aromatic rings. The highest BCUT2D eigenvalue weighted by molar-refractivity contribution is 8.00. The number of nitrogens with two attached hydrogens (primary N) is 2. The fourth-order valence-electron chi connectivity index (χ4n) is 1.98. The van der Waals surface area contributed by atoms with Crippen LogP contribution in [0, 0.1) is 0 Å². The molecule has 4 N–H and O–H groups in total. The highest BCUT2D eigenvalue weighted by Crippen LogP contribution is 2.16. The predicted molar refractivity (Wildman–Crippen MR) is 90.4 cm³/mol. The van der Waals surface area contributed by atoms with Gasteiger partial charge in [0.2, 0.25) is 5.17 Å². The molecule has 0 aliphatic heterocycles. The molecule has 0 aliphatic rings. The van der Waals surface area contributed by atoms with Gasteiger partial charge in [-0.1, -0.05) is 31.2 Å². The first-order chi connectivity index (χ1) is 10.6. The summed E-state index contributed by atoms with van der Waals surface area (Å²) in [6.45, 7) is 1.96. The maximum absolute atomic E-state index is 12.5. The van der Waals surface area contributed by atoms with Crippen LogP contribution in [0.15, 0.2) is 59.8 Å². The van der Waals surface area contributed by atoms with Gasteiger partial charge in [0.05, 0.1) is 16.5 Å². The van der Waals surface area contributed by atoms with E-state index >= 15 is 0 Å². The topological polar surface area (TPSA) is 97.6 Å². The van der Waals surface area contributed by atoms with E-state index in [1.165, 1.54) is 5.01 Å². The van der Waals surface area contributed by atoms with Crippen molar-refractivity contribution in [2.24, 2.45) is 16.8 Å². The summed E-state index contributed by atoms with van der Waals surface area (Å²) in [6, 6.07) is 14.8. The zero-order valence-corrected chi connectivity index (χ0v) is 13.1. The Balaban J connectivity index is 2.10. The van der Waals surface area contributed by atoms with E-state index in [0.29, 0.717) is 11.4 Å². The number of amidine groups is 1. The first kappa shape index (κ1) is 16.1. The number of nitrogens with zero attached hydrogens (tertiary/aromatic N) is 3. The zero-order valence-electron chi connectivity index (χ0n) is 12.3. The highest BCUT2D eigenvalue weighted by Gasteiger charge is 2.20. The van der Waals surface area contributed by atoms with Crippen LogP contribution in [0.2, 0.25) is 0 Å². The Hall–Kier alpha value is -2.25.